The van der Waals surface area contributed by atoms with E-state index in [0.29, 0.717) is 5.41 Å². The monoisotopic (exact) mass is 579 g/mol. The van der Waals surface area contributed by atoms with Crippen LogP contribution in [0.3, 0.4) is 0 Å². The van der Waals surface area contributed by atoms with Crippen molar-refractivity contribution >= 4 is 39.6 Å². The maximum atomic E-state index is 6.22. The second kappa shape index (κ2) is 12.0. The summed E-state index contributed by atoms with van der Waals surface area (Å²) >= 11 is 6.22. The van der Waals surface area contributed by atoms with Crippen molar-refractivity contribution in [3.05, 3.63) is 106 Å². The van der Waals surface area contributed by atoms with Gasteiger partial charge >= 0.3 is 0 Å². The summed E-state index contributed by atoms with van der Waals surface area (Å²) in [5.41, 5.74) is 11.6. The summed E-state index contributed by atoms with van der Waals surface area (Å²) in [7, 11) is 1.94. The molecule has 3 heterocycles. The summed E-state index contributed by atoms with van der Waals surface area (Å²) in [5, 5.41) is 5.20. The van der Waals surface area contributed by atoms with E-state index in [1.54, 1.807) is 5.57 Å². The van der Waals surface area contributed by atoms with Gasteiger partial charge in [-0.05, 0) is 89.8 Å². The van der Waals surface area contributed by atoms with E-state index in [1.807, 2.05) is 31.6 Å². The highest BCUT2D eigenvalue weighted by Gasteiger charge is 2.29. The van der Waals surface area contributed by atoms with E-state index >= 15 is 0 Å². The van der Waals surface area contributed by atoms with Crippen molar-refractivity contribution in [2.24, 2.45) is 5.41 Å². The number of fused-ring (bicyclic) bond motifs is 1. The zero-order chi connectivity index (χ0) is 29.3. The molecule has 0 unspecified atom stereocenters. The smallest absolute Gasteiger partial charge is 0.137 e. The van der Waals surface area contributed by atoms with E-state index in [1.165, 1.54) is 40.8 Å². The number of pyridine rings is 1. The lowest BCUT2D eigenvalue weighted by Gasteiger charge is -2.39. The third kappa shape index (κ3) is 6.28. The Morgan fingerprint density at radius 1 is 1.05 bits per heavy atom. The summed E-state index contributed by atoms with van der Waals surface area (Å²) in [6.07, 6.45) is 8.29. The van der Waals surface area contributed by atoms with Crippen LogP contribution in [0.2, 0.25) is 5.02 Å². The van der Waals surface area contributed by atoms with Gasteiger partial charge in [0.2, 0.25) is 0 Å². The first-order valence-electron chi connectivity index (χ1n) is 15.1. The van der Waals surface area contributed by atoms with Crippen molar-refractivity contribution in [2.75, 3.05) is 44.7 Å². The van der Waals surface area contributed by atoms with Crippen molar-refractivity contribution in [1.29, 1.82) is 0 Å². The highest BCUT2D eigenvalue weighted by molar-refractivity contribution is 6.30. The molecule has 1 aliphatic heterocycles. The molecule has 0 bridgehead atoms. The Kier molecular flexibility index (Phi) is 8.15. The topological polar surface area (TPSA) is 47.2 Å². The van der Waals surface area contributed by atoms with Crippen LogP contribution in [0.15, 0.2) is 79.1 Å². The minimum absolute atomic E-state index is 0.336. The Labute approximate surface area is 255 Å². The SMILES string of the molecule is C=C(NC)c1ccc(N2CCN(CC3=C(c4ccc(Cl)cc4)CC(C)(C)CC3)CC2)cc1Cc1cnc2[nH]ccc2c1. The van der Waals surface area contributed by atoms with Gasteiger partial charge in [0.15, 0.2) is 0 Å². The lowest BCUT2D eigenvalue weighted by Crippen LogP contribution is -2.47. The summed E-state index contributed by atoms with van der Waals surface area (Å²) in [4.78, 5) is 13.0. The Morgan fingerprint density at radius 2 is 1.83 bits per heavy atom. The van der Waals surface area contributed by atoms with Crippen LogP contribution in [0.4, 0.5) is 5.69 Å². The molecule has 6 heteroatoms. The molecule has 2 aromatic heterocycles. The number of hydrogen-bond acceptors (Lipinski definition) is 4. The molecule has 2 N–H and O–H groups in total. The average molecular weight is 580 g/mol. The molecule has 5 nitrogen and oxygen atoms in total. The fourth-order valence-corrected chi connectivity index (χ4v) is 6.68. The maximum Gasteiger partial charge on any atom is 0.137 e. The second-order valence-electron chi connectivity index (χ2n) is 12.7. The number of allylic oxidation sites excluding steroid dienone is 1. The molecule has 218 valence electrons. The normalized spacial score (nSPS) is 17.6. The van der Waals surface area contributed by atoms with Crippen LogP contribution < -0.4 is 10.2 Å². The Hall–Kier alpha value is -3.54. The number of nitrogens with one attached hydrogen (secondary N) is 2. The van der Waals surface area contributed by atoms with Gasteiger partial charge in [-0.15, -0.1) is 0 Å². The molecule has 1 saturated heterocycles. The van der Waals surface area contributed by atoms with Crippen molar-refractivity contribution in [3.63, 3.8) is 0 Å². The second-order valence-corrected chi connectivity index (χ2v) is 13.1. The molecule has 0 amide bonds. The third-order valence-corrected chi connectivity index (χ3v) is 9.35. The number of hydrogen-bond donors (Lipinski definition) is 2. The van der Waals surface area contributed by atoms with Crippen LogP contribution in [0.5, 0.6) is 0 Å². The molecular weight excluding hydrogens is 538 g/mol. The number of nitrogens with zero attached hydrogens (tertiary/aromatic N) is 3. The van der Waals surface area contributed by atoms with Gasteiger partial charge in [0, 0.05) is 79.5 Å². The van der Waals surface area contributed by atoms with Gasteiger partial charge in [0.1, 0.15) is 5.65 Å². The number of aromatic nitrogens is 2. The van der Waals surface area contributed by atoms with Crippen molar-refractivity contribution < 1.29 is 0 Å². The first kappa shape index (κ1) is 28.6. The summed E-state index contributed by atoms with van der Waals surface area (Å²) in [6, 6.07) is 19.6. The van der Waals surface area contributed by atoms with Crippen LogP contribution in [-0.4, -0.2) is 54.6 Å². The number of anilines is 1. The molecule has 42 heavy (non-hydrogen) atoms. The minimum atomic E-state index is 0.336. The number of aromatic amines is 1. The van der Waals surface area contributed by atoms with Crippen molar-refractivity contribution in [2.45, 2.75) is 39.5 Å². The zero-order valence-corrected chi connectivity index (χ0v) is 25.9. The quantitative estimate of drug-likeness (QED) is 0.224. The Balaban J connectivity index is 1.18. The van der Waals surface area contributed by atoms with E-state index in [9.17, 15) is 0 Å². The predicted molar refractivity (Wildman–Crippen MR) is 178 cm³/mol. The zero-order valence-electron chi connectivity index (χ0n) is 25.1. The number of piperazine rings is 1. The largest absolute Gasteiger partial charge is 0.388 e. The van der Waals surface area contributed by atoms with Crippen LogP contribution in [0, 0.1) is 5.41 Å². The highest BCUT2D eigenvalue weighted by Crippen LogP contribution is 2.43. The minimum Gasteiger partial charge on any atom is -0.388 e. The third-order valence-electron chi connectivity index (χ3n) is 9.10. The summed E-state index contributed by atoms with van der Waals surface area (Å²) in [6.45, 7) is 14.3. The van der Waals surface area contributed by atoms with Gasteiger partial charge in [-0.25, -0.2) is 4.98 Å². The van der Waals surface area contributed by atoms with Gasteiger partial charge in [-0.2, -0.15) is 0 Å². The molecule has 6 rings (SSSR count). The molecule has 0 atom stereocenters. The first-order valence-corrected chi connectivity index (χ1v) is 15.5. The molecule has 0 radical (unpaired) electrons. The standard InChI is InChI=1S/C36H42ClN5/c1-25(38-4)33-10-9-32(21-30(33)20-26-19-28-12-14-39-35(28)40-23-26)42-17-15-41(16-18-42)24-29-11-13-36(2,3)22-34(29)27-5-7-31(37)8-6-27/h5-10,12,14,19,21,23,38H,1,11,13,15-18,20,22,24H2,2-4H3,(H,39,40). The lowest BCUT2D eigenvalue weighted by molar-refractivity contribution is 0.264. The van der Waals surface area contributed by atoms with Crippen LogP contribution in [-0.2, 0) is 6.42 Å². The van der Waals surface area contributed by atoms with Crippen LogP contribution in [0.1, 0.15) is 55.4 Å². The van der Waals surface area contributed by atoms with Crippen molar-refractivity contribution in [3.8, 4) is 0 Å². The van der Waals surface area contributed by atoms with E-state index in [-0.39, 0.29) is 0 Å². The number of rotatable bonds is 8. The summed E-state index contributed by atoms with van der Waals surface area (Å²) < 4.78 is 0. The van der Waals surface area contributed by atoms with Crippen molar-refractivity contribution in [1.82, 2.24) is 20.2 Å². The first-order chi connectivity index (χ1) is 20.3. The number of halogens is 1. The van der Waals surface area contributed by atoms with E-state index in [0.717, 1.165) is 72.9 Å². The van der Waals surface area contributed by atoms with E-state index in [2.05, 4.69) is 88.0 Å². The van der Waals surface area contributed by atoms with Gasteiger partial charge in [-0.1, -0.05) is 55.8 Å². The molecule has 2 aromatic carbocycles. The van der Waals surface area contributed by atoms with Gasteiger partial charge in [0.25, 0.3) is 0 Å². The van der Waals surface area contributed by atoms with Crippen LogP contribution in [0.25, 0.3) is 22.3 Å². The molecule has 1 fully saturated rings. The van der Waals surface area contributed by atoms with Gasteiger partial charge in [0.05, 0.1) is 0 Å². The number of benzene rings is 2. The van der Waals surface area contributed by atoms with E-state index in [4.69, 9.17) is 11.6 Å². The summed E-state index contributed by atoms with van der Waals surface area (Å²) in [5.74, 6) is 0. The molecule has 4 aromatic rings. The maximum absolute atomic E-state index is 6.22. The fourth-order valence-electron chi connectivity index (χ4n) is 6.55. The van der Waals surface area contributed by atoms with E-state index < -0.39 is 0 Å². The Morgan fingerprint density at radius 3 is 2.60 bits per heavy atom. The van der Waals surface area contributed by atoms with Gasteiger partial charge < -0.3 is 15.2 Å². The van der Waals surface area contributed by atoms with Gasteiger partial charge in [-0.3, -0.25) is 4.90 Å². The predicted octanol–water partition coefficient (Wildman–Crippen LogP) is 7.78. The Bertz CT molecular complexity index is 1610. The highest BCUT2D eigenvalue weighted by atomic mass is 35.5. The van der Waals surface area contributed by atoms with Crippen LogP contribution >= 0.6 is 11.6 Å². The lowest BCUT2D eigenvalue weighted by atomic mass is 9.72. The molecule has 2 aliphatic rings. The molecular formula is C36H42ClN5. The molecule has 1 aliphatic carbocycles. The molecule has 0 saturated carbocycles. The fraction of sp³-hybridized carbons (Fsp3) is 0.361. The average Bonchev–Trinajstić information content (AvgIpc) is 3.46. The number of H-pyrrole nitrogens is 1. The molecule has 0 spiro atoms.